The Morgan fingerprint density at radius 3 is 2.88 bits per heavy atom. The molecular weight excluding hydrogens is 334 g/mol. The average molecular weight is 353 g/mol. The number of fused-ring (bicyclic) bond motifs is 3. The van der Waals surface area contributed by atoms with Gasteiger partial charge in [0, 0.05) is 34.9 Å². The van der Waals surface area contributed by atoms with Gasteiger partial charge >= 0.3 is 0 Å². The highest BCUT2D eigenvalue weighted by Crippen LogP contribution is 2.54. The first-order valence-corrected chi connectivity index (χ1v) is 9.46. The fourth-order valence-corrected chi connectivity index (χ4v) is 4.94. The molecule has 1 aromatic heterocycles. The minimum Gasteiger partial charge on any atom is -0.454 e. The molecule has 5 rings (SSSR count). The maximum atomic E-state index is 13.1. The molecule has 3 aliphatic rings. The molecule has 1 unspecified atom stereocenters. The third kappa shape index (κ3) is 2.22. The maximum Gasteiger partial charge on any atom is 0.231 e. The van der Waals surface area contributed by atoms with Crippen molar-refractivity contribution >= 4 is 22.8 Å². The highest BCUT2D eigenvalue weighted by atomic mass is 32.1. The second kappa shape index (κ2) is 5.11. The summed E-state index contributed by atoms with van der Waals surface area (Å²) >= 11 is 1.66. The van der Waals surface area contributed by atoms with Gasteiger partial charge in [0.05, 0.1) is 0 Å². The van der Waals surface area contributed by atoms with E-state index >= 15 is 0 Å². The van der Waals surface area contributed by atoms with E-state index in [-0.39, 0.29) is 23.9 Å². The molecule has 0 amide bonds. The van der Waals surface area contributed by atoms with E-state index < -0.39 is 0 Å². The van der Waals surface area contributed by atoms with E-state index in [4.69, 9.17) is 9.47 Å². The summed E-state index contributed by atoms with van der Waals surface area (Å²) in [6.45, 7) is 4.55. The van der Waals surface area contributed by atoms with Gasteiger partial charge < -0.3 is 14.8 Å². The van der Waals surface area contributed by atoms with Crippen molar-refractivity contribution in [2.75, 3.05) is 12.1 Å². The summed E-state index contributed by atoms with van der Waals surface area (Å²) in [4.78, 5) is 13.1. The second-order valence-corrected chi connectivity index (χ2v) is 8.49. The summed E-state index contributed by atoms with van der Waals surface area (Å²) in [5, 5.41) is 7.73. The van der Waals surface area contributed by atoms with Crippen LogP contribution in [0.2, 0.25) is 0 Å². The number of carbonyl (C=O) groups excluding carboxylic acids is 1. The molecule has 0 saturated carbocycles. The van der Waals surface area contributed by atoms with E-state index in [2.05, 4.69) is 36.0 Å². The van der Waals surface area contributed by atoms with E-state index in [1.54, 1.807) is 11.3 Å². The van der Waals surface area contributed by atoms with Crippen molar-refractivity contribution in [3.63, 3.8) is 0 Å². The Morgan fingerprint density at radius 1 is 1.20 bits per heavy atom. The molecule has 5 heteroatoms. The van der Waals surface area contributed by atoms with E-state index in [0.717, 1.165) is 46.0 Å². The number of rotatable bonds is 1. The lowest BCUT2D eigenvalue weighted by Gasteiger charge is -2.39. The van der Waals surface area contributed by atoms with Crippen molar-refractivity contribution in [3.05, 3.63) is 51.4 Å². The summed E-state index contributed by atoms with van der Waals surface area (Å²) < 4.78 is 11.4. The predicted molar refractivity (Wildman–Crippen MR) is 97.4 cm³/mol. The van der Waals surface area contributed by atoms with Gasteiger partial charge in [-0.2, -0.15) is 11.3 Å². The molecule has 4 nitrogen and oxygen atoms in total. The molecule has 0 spiro atoms. The Hall–Kier alpha value is -2.27. The van der Waals surface area contributed by atoms with Gasteiger partial charge in [-0.3, -0.25) is 4.79 Å². The van der Waals surface area contributed by atoms with Crippen molar-refractivity contribution in [1.29, 1.82) is 0 Å². The van der Waals surface area contributed by atoms with E-state index in [1.807, 2.05) is 12.1 Å². The van der Waals surface area contributed by atoms with Gasteiger partial charge in [-0.15, -0.1) is 0 Å². The number of allylic oxidation sites excluding steroid dienone is 2. The van der Waals surface area contributed by atoms with Gasteiger partial charge in [0.2, 0.25) is 6.79 Å². The lowest BCUT2D eigenvalue weighted by Crippen LogP contribution is -2.33. The van der Waals surface area contributed by atoms with Crippen LogP contribution in [-0.4, -0.2) is 12.6 Å². The Kier molecular flexibility index (Phi) is 3.07. The molecule has 25 heavy (non-hydrogen) atoms. The molecule has 3 heterocycles. The molecule has 1 N–H and O–H groups in total. The quantitative estimate of drug-likeness (QED) is 0.809. The number of Topliss-reactive ketones (excluding diaryl/α,β-unsaturated/α-hetero) is 1. The fourth-order valence-electron chi connectivity index (χ4n) is 4.25. The number of nitrogens with one attached hydrogen (secondary N) is 1. The number of hydrogen-bond donors (Lipinski definition) is 1. The normalized spacial score (nSPS) is 23.1. The molecule has 0 radical (unpaired) electrons. The fraction of sp³-hybridized carbons (Fsp3) is 0.350. The van der Waals surface area contributed by atoms with Crippen LogP contribution >= 0.6 is 11.3 Å². The summed E-state index contributed by atoms with van der Waals surface area (Å²) in [6, 6.07) is 6.09. The standard InChI is InChI=1S/C20H19NO3S/c1-20(2)7-13-17(14(22)8-20)16(11-5-6-25-9-11)18-12(21-13)3-4-15-19(18)24-10-23-15/h3-6,9,16,21H,7-8,10H2,1-2H3. The monoisotopic (exact) mass is 353 g/mol. The largest absolute Gasteiger partial charge is 0.454 e. The van der Waals surface area contributed by atoms with E-state index in [9.17, 15) is 4.79 Å². The molecule has 1 aliphatic carbocycles. The van der Waals surface area contributed by atoms with Crippen LogP contribution in [0.15, 0.2) is 40.2 Å². The number of hydrogen-bond acceptors (Lipinski definition) is 5. The van der Waals surface area contributed by atoms with Crippen molar-refractivity contribution in [1.82, 2.24) is 0 Å². The summed E-state index contributed by atoms with van der Waals surface area (Å²) in [5.74, 6) is 1.67. The molecule has 1 aromatic carbocycles. The second-order valence-electron chi connectivity index (χ2n) is 7.71. The minimum absolute atomic E-state index is 0.0179. The van der Waals surface area contributed by atoms with Crippen molar-refractivity contribution in [3.8, 4) is 11.5 Å². The first-order valence-electron chi connectivity index (χ1n) is 8.51. The van der Waals surface area contributed by atoms with Crippen LogP contribution in [0.4, 0.5) is 5.69 Å². The lowest BCUT2D eigenvalue weighted by atomic mass is 9.69. The SMILES string of the molecule is CC1(C)CC(=O)C2=C(C1)Nc1ccc3c(c1C2c1ccsc1)OCO3. The Morgan fingerprint density at radius 2 is 2.08 bits per heavy atom. The van der Waals surface area contributed by atoms with Gasteiger partial charge in [-0.25, -0.2) is 0 Å². The maximum absolute atomic E-state index is 13.1. The molecule has 128 valence electrons. The number of anilines is 1. The lowest BCUT2D eigenvalue weighted by molar-refractivity contribution is -0.118. The molecule has 0 saturated heterocycles. The first-order chi connectivity index (χ1) is 12.0. The zero-order valence-corrected chi connectivity index (χ0v) is 15.0. The molecular formula is C20H19NO3S. The highest BCUT2D eigenvalue weighted by Gasteiger charge is 2.43. The van der Waals surface area contributed by atoms with Crippen molar-refractivity contribution < 1.29 is 14.3 Å². The smallest absolute Gasteiger partial charge is 0.231 e. The van der Waals surface area contributed by atoms with Gasteiger partial charge in [0.1, 0.15) is 0 Å². The number of thiophene rings is 1. The molecule has 0 bridgehead atoms. The van der Waals surface area contributed by atoms with Gasteiger partial charge in [-0.1, -0.05) is 13.8 Å². The zero-order valence-electron chi connectivity index (χ0n) is 14.2. The van der Waals surface area contributed by atoms with Crippen LogP contribution in [0.25, 0.3) is 0 Å². The number of carbonyl (C=O) groups is 1. The Bertz CT molecular complexity index is 911. The van der Waals surface area contributed by atoms with E-state index in [1.165, 1.54) is 0 Å². The molecule has 2 aliphatic heterocycles. The summed E-state index contributed by atoms with van der Waals surface area (Å²) in [6.07, 6.45) is 1.46. The molecule has 1 atom stereocenters. The number of ether oxygens (including phenoxy) is 2. The highest BCUT2D eigenvalue weighted by molar-refractivity contribution is 7.08. The topological polar surface area (TPSA) is 47.6 Å². The third-order valence-electron chi connectivity index (χ3n) is 5.24. The minimum atomic E-state index is -0.0854. The van der Waals surface area contributed by atoms with Gasteiger partial charge in [-0.05, 0) is 46.4 Å². The Labute approximate surface area is 150 Å². The predicted octanol–water partition coefficient (Wildman–Crippen LogP) is 4.68. The zero-order chi connectivity index (χ0) is 17.2. The number of benzene rings is 1. The third-order valence-corrected chi connectivity index (χ3v) is 5.94. The summed E-state index contributed by atoms with van der Waals surface area (Å²) in [7, 11) is 0. The van der Waals surface area contributed by atoms with Gasteiger partial charge in [0.15, 0.2) is 17.3 Å². The van der Waals surface area contributed by atoms with Gasteiger partial charge in [0.25, 0.3) is 0 Å². The molecule has 2 aromatic rings. The van der Waals surface area contributed by atoms with Crippen LogP contribution in [-0.2, 0) is 4.79 Å². The first kappa shape index (κ1) is 15.0. The number of ketones is 1. The van der Waals surface area contributed by atoms with Crippen molar-refractivity contribution in [2.45, 2.75) is 32.6 Å². The molecule has 0 fully saturated rings. The van der Waals surface area contributed by atoms with Crippen LogP contribution < -0.4 is 14.8 Å². The average Bonchev–Trinajstić information content (AvgIpc) is 3.22. The Balaban J connectivity index is 1.76. The van der Waals surface area contributed by atoms with Crippen LogP contribution in [0.1, 0.15) is 43.7 Å². The van der Waals surface area contributed by atoms with Crippen LogP contribution in [0, 0.1) is 5.41 Å². The van der Waals surface area contributed by atoms with Crippen LogP contribution in [0.5, 0.6) is 11.5 Å². The van der Waals surface area contributed by atoms with Crippen LogP contribution in [0.3, 0.4) is 0 Å². The van der Waals surface area contributed by atoms with E-state index in [0.29, 0.717) is 6.42 Å². The van der Waals surface area contributed by atoms with Crippen molar-refractivity contribution in [2.24, 2.45) is 5.41 Å². The summed E-state index contributed by atoms with van der Waals surface area (Å²) in [5.41, 5.74) is 5.13.